The number of halogens is 1. The van der Waals surface area contributed by atoms with Crippen LogP contribution in [0.3, 0.4) is 0 Å². The van der Waals surface area contributed by atoms with Crippen molar-refractivity contribution < 1.29 is 0 Å². The average Bonchev–Trinajstić information content (AvgIpc) is 3.13. The maximum absolute atomic E-state index is 4.70. The third kappa shape index (κ3) is 2.97. The molecule has 0 saturated heterocycles. The molecule has 0 aliphatic heterocycles. The van der Waals surface area contributed by atoms with Crippen LogP contribution in [0.15, 0.2) is 10.7 Å². The average molecular weight is 298 g/mol. The van der Waals surface area contributed by atoms with Gasteiger partial charge in [0.05, 0.1) is 0 Å². The highest BCUT2D eigenvalue weighted by molar-refractivity contribution is 9.10. The molecule has 0 amide bonds. The van der Waals surface area contributed by atoms with Crippen LogP contribution in [0.5, 0.6) is 0 Å². The molecule has 0 spiro atoms. The van der Waals surface area contributed by atoms with E-state index >= 15 is 0 Å². The molecule has 0 N–H and O–H groups in total. The van der Waals surface area contributed by atoms with E-state index < -0.39 is 0 Å². The summed E-state index contributed by atoms with van der Waals surface area (Å²) in [7, 11) is 2.13. The van der Waals surface area contributed by atoms with Crippen molar-refractivity contribution in [3.8, 4) is 0 Å². The number of hydrogen-bond acceptors (Lipinski definition) is 3. The Morgan fingerprint density at radius 2 is 2.00 bits per heavy atom. The summed E-state index contributed by atoms with van der Waals surface area (Å²) in [6.45, 7) is 4.45. The summed E-state index contributed by atoms with van der Waals surface area (Å²) < 4.78 is 0.905. The fourth-order valence-corrected chi connectivity index (χ4v) is 2.54. The van der Waals surface area contributed by atoms with E-state index in [1.165, 1.54) is 12.8 Å². The monoisotopic (exact) mass is 297 g/mol. The van der Waals surface area contributed by atoms with Crippen molar-refractivity contribution in [2.75, 3.05) is 11.9 Å². The van der Waals surface area contributed by atoms with Crippen LogP contribution in [0.25, 0.3) is 0 Å². The zero-order chi connectivity index (χ0) is 12.4. The van der Waals surface area contributed by atoms with Gasteiger partial charge in [-0.1, -0.05) is 13.8 Å². The Labute approximate surface area is 112 Å². The summed E-state index contributed by atoms with van der Waals surface area (Å²) in [5, 5.41) is 0. The minimum atomic E-state index is 0.559. The van der Waals surface area contributed by atoms with E-state index in [-0.39, 0.29) is 0 Å². The van der Waals surface area contributed by atoms with Gasteiger partial charge in [-0.15, -0.1) is 0 Å². The Balaban J connectivity index is 2.24. The molecule has 4 heteroatoms. The summed E-state index contributed by atoms with van der Waals surface area (Å²) >= 11 is 3.49. The first-order valence-electron chi connectivity index (χ1n) is 6.43. The van der Waals surface area contributed by atoms with Crippen LogP contribution in [0.4, 0.5) is 5.82 Å². The lowest BCUT2D eigenvalue weighted by Crippen LogP contribution is -2.31. The van der Waals surface area contributed by atoms with Gasteiger partial charge in [0, 0.05) is 25.1 Å². The van der Waals surface area contributed by atoms with Crippen LogP contribution >= 0.6 is 15.9 Å². The van der Waals surface area contributed by atoms with Gasteiger partial charge >= 0.3 is 0 Å². The number of aromatic nitrogens is 2. The predicted octanol–water partition coefficient (Wildman–Crippen LogP) is 3.74. The summed E-state index contributed by atoms with van der Waals surface area (Å²) in [4.78, 5) is 11.4. The van der Waals surface area contributed by atoms with Gasteiger partial charge in [-0.2, -0.15) is 0 Å². The van der Waals surface area contributed by atoms with Crippen molar-refractivity contribution in [1.82, 2.24) is 9.97 Å². The van der Waals surface area contributed by atoms with E-state index in [2.05, 4.69) is 46.7 Å². The maximum Gasteiger partial charge on any atom is 0.135 e. The lowest BCUT2D eigenvalue weighted by Gasteiger charge is -2.27. The Morgan fingerprint density at radius 3 is 2.53 bits per heavy atom. The SMILES string of the molecule is CCC(CC)N(C)c1cc(Br)nc(C2CC2)n1. The number of anilines is 1. The Morgan fingerprint density at radius 1 is 1.35 bits per heavy atom. The number of rotatable bonds is 5. The quantitative estimate of drug-likeness (QED) is 0.775. The van der Waals surface area contributed by atoms with Crippen molar-refractivity contribution in [1.29, 1.82) is 0 Å². The third-order valence-electron chi connectivity index (χ3n) is 3.49. The van der Waals surface area contributed by atoms with E-state index in [1.807, 2.05) is 6.07 Å². The Kier molecular flexibility index (Phi) is 4.02. The molecule has 0 aromatic carbocycles. The highest BCUT2D eigenvalue weighted by Crippen LogP contribution is 2.39. The van der Waals surface area contributed by atoms with Crippen LogP contribution in [-0.2, 0) is 0 Å². The molecular weight excluding hydrogens is 278 g/mol. The maximum atomic E-state index is 4.70. The van der Waals surface area contributed by atoms with Crippen LogP contribution < -0.4 is 4.90 Å². The molecule has 94 valence electrons. The number of hydrogen-bond donors (Lipinski definition) is 0. The largest absolute Gasteiger partial charge is 0.357 e. The fraction of sp³-hybridized carbons (Fsp3) is 0.692. The normalized spacial score (nSPS) is 15.4. The van der Waals surface area contributed by atoms with Crippen molar-refractivity contribution >= 4 is 21.7 Å². The molecule has 17 heavy (non-hydrogen) atoms. The van der Waals surface area contributed by atoms with Gasteiger partial charge in [0.15, 0.2) is 0 Å². The van der Waals surface area contributed by atoms with Crippen LogP contribution in [0.2, 0.25) is 0 Å². The Hall–Kier alpha value is -0.640. The third-order valence-corrected chi connectivity index (χ3v) is 3.90. The first-order chi connectivity index (χ1) is 8.15. The molecule has 1 fully saturated rings. The van der Waals surface area contributed by atoms with Crippen LogP contribution in [-0.4, -0.2) is 23.1 Å². The zero-order valence-corrected chi connectivity index (χ0v) is 12.4. The summed E-state index contributed by atoms with van der Waals surface area (Å²) in [6.07, 6.45) is 4.77. The first-order valence-corrected chi connectivity index (χ1v) is 7.22. The van der Waals surface area contributed by atoms with Crippen LogP contribution in [0.1, 0.15) is 51.3 Å². The molecule has 1 aliphatic rings. The zero-order valence-electron chi connectivity index (χ0n) is 10.8. The molecule has 1 aromatic heterocycles. The van der Waals surface area contributed by atoms with E-state index in [1.54, 1.807) is 0 Å². The standard InChI is InChI=1S/C13H20BrN3/c1-4-10(5-2)17(3)12-8-11(14)15-13(16-12)9-6-7-9/h8-10H,4-7H2,1-3H3. The molecule has 0 radical (unpaired) electrons. The predicted molar refractivity (Wildman–Crippen MR) is 74.5 cm³/mol. The molecule has 3 nitrogen and oxygen atoms in total. The minimum Gasteiger partial charge on any atom is -0.357 e. The second-order valence-electron chi connectivity index (χ2n) is 4.76. The van der Waals surface area contributed by atoms with E-state index in [4.69, 9.17) is 4.98 Å². The summed E-state index contributed by atoms with van der Waals surface area (Å²) in [5.74, 6) is 2.65. The lowest BCUT2D eigenvalue weighted by atomic mass is 10.1. The van der Waals surface area contributed by atoms with Gasteiger partial charge < -0.3 is 4.90 Å². The van der Waals surface area contributed by atoms with Crippen molar-refractivity contribution in [2.24, 2.45) is 0 Å². The van der Waals surface area contributed by atoms with E-state index in [0.717, 1.165) is 29.1 Å². The molecule has 1 heterocycles. The highest BCUT2D eigenvalue weighted by Gasteiger charge is 2.27. The topological polar surface area (TPSA) is 29.0 Å². The van der Waals surface area contributed by atoms with Gasteiger partial charge in [-0.25, -0.2) is 9.97 Å². The van der Waals surface area contributed by atoms with Gasteiger partial charge in [0.2, 0.25) is 0 Å². The molecule has 0 bridgehead atoms. The first kappa shape index (κ1) is 12.8. The number of nitrogens with zero attached hydrogens (tertiary/aromatic N) is 3. The van der Waals surface area contributed by atoms with Crippen molar-refractivity contribution in [2.45, 2.75) is 51.5 Å². The summed E-state index contributed by atoms with van der Waals surface area (Å²) in [6, 6.07) is 2.58. The van der Waals surface area contributed by atoms with Crippen LogP contribution in [0, 0.1) is 0 Å². The Bertz CT molecular complexity index is 386. The molecule has 0 unspecified atom stereocenters. The van der Waals surface area contributed by atoms with Crippen molar-refractivity contribution in [3.05, 3.63) is 16.5 Å². The van der Waals surface area contributed by atoms with Gasteiger partial charge in [0.25, 0.3) is 0 Å². The van der Waals surface area contributed by atoms with E-state index in [0.29, 0.717) is 12.0 Å². The minimum absolute atomic E-state index is 0.559. The lowest BCUT2D eigenvalue weighted by molar-refractivity contribution is 0.585. The van der Waals surface area contributed by atoms with Gasteiger partial charge in [0.1, 0.15) is 16.2 Å². The molecule has 2 rings (SSSR count). The van der Waals surface area contributed by atoms with E-state index in [9.17, 15) is 0 Å². The van der Waals surface area contributed by atoms with Gasteiger partial charge in [-0.3, -0.25) is 0 Å². The molecule has 0 atom stereocenters. The van der Waals surface area contributed by atoms with Crippen molar-refractivity contribution in [3.63, 3.8) is 0 Å². The molecule has 1 aromatic rings. The summed E-state index contributed by atoms with van der Waals surface area (Å²) in [5.41, 5.74) is 0. The highest BCUT2D eigenvalue weighted by atomic mass is 79.9. The molecular formula is C13H20BrN3. The fourth-order valence-electron chi connectivity index (χ4n) is 2.15. The second kappa shape index (κ2) is 5.34. The molecule has 1 saturated carbocycles. The van der Waals surface area contributed by atoms with Gasteiger partial charge in [-0.05, 0) is 41.6 Å². The smallest absolute Gasteiger partial charge is 0.135 e. The second-order valence-corrected chi connectivity index (χ2v) is 5.58. The molecule has 1 aliphatic carbocycles.